The average Bonchev–Trinajstić information content (AvgIpc) is 3.18. The van der Waals surface area contributed by atoms with Crippen LogP contribution in [-0.2, 0) is 23.1 Å². The molecule has 3 fully saturated rings. The fourth-order valence-electron chi connectivity index (χ4n) is 4.71. The van der Waals surface area contributed by atoms with Gasteiger partial charge < -0.3 is 14.2 Å². The van der Waals surface area contributed by atoms with Crippen LogP contribution in [-0.4, -0.2) is 69.4 Å². The Morgan fingerprint density at radius 3 is 2.72 bits per heavy atom. The number of amides is 1. The van der Waals surface area contributed by atoms with Crippen molar-refractivity contribution < 1.29 is 9.53 Å². The van der Waals surface area contributed by atoms with Crippen molar-refractivity contribution in [3.8, 4) is 0 Å². The molecule has 0 aromatic carbocycles. The molecule has 138 valence electrons. The summed E-state index contributed by atoms with van der Waals surface area (Å²) >= 11 is 0. The molecule has 7 nitrogen and oxygen atoms in total. The van der Waals surface area contributed by atoms with E-state index in [9.17, 15) is 4.79 Å². The van der Waals surface area contributed by atoms with E-state index in [-0.39, 0.29) is 5.41 Å². The van der Waals surface area contributed by atoms with Gasteiger partial charge in [-0.3, -0.25) is 9.69 Å². The maximum atomic E-state index is 13.3. The largest absolute Gasteiger partial charge is 0.381 e. The van der Waals surface area contributed by atoms with E-state index in [1.54, 1.807) is 0 Å². The SMILES string of the molecule is Cc1nnc(CN2CCC3(CCCN(C4CCOCC4)C3=O)C2)n1C. The second-order valence-corrected chi connectivity index (χ2v) is 7.91. The summed E-state index contributed by atoms with van der Waals surface area (Å²) in [5.74, 6) is 2.31. The molecule has 1 aromatic rings. The summed E-state index contributed by atoms with van der Waals surface area (Å²) in [5.41, 5.74) is -0.176. The summed E-state index contributed by atoms with van der Waals surface area (Å²) in [4.78, 5) is 17.9. The van der Waals surface area contributed by atoms with Crippen LogP contribution in [0.2, 0.25) is 0 Å². The Morgan fingerprint density at radius 1 is 1.20 bits per heavy atom. The molecule has 7 heteroatoms. The smallest absolute Gasteiger partial charge is 0.230 e. The van der Waals surface area contributed by atoms with Gasteiger partial charge >= 0.3 is 0 Å². The van der Waals surface area contributed by atoms with Crippen molar-refractivity contribution >= 4 is 5.91 Å². The number of hydrogen-bond donors (Lipinski definition) is 0. The molecule has 1 spiro atoms. The maximum Gasteiger partial charge on any atom is 0.230 e. The summed E-state index contributed by atoms with van der Waals surface area (Å²) < 4.78 is 7.52. The van der Waals surface area contributed by atoms with Crippen molar-refractivity contribution in [3.63, 3.8) is 0 Å². The van der Waals surface area contributed by atoms with Crippen LogP contribution in [0.15, 0.2) is 0 Å². The lowest BCUT2D eigenvalue weighted by atomic mass is 9.77. The van der Waals surface area contributed by atoms with E-state index in [4.69, 9.17) is 4.74 Å². The molecule has 0 N–H and O–H groups in total. The average molecular weight is 347 g/mol. The zero-order chi connectivity index (χ0) is 17.4. The van der Waals surface area contributed by atoms with Crippen molar-refractivity contribution in [3.05, 3.63) is 11.6 Å². The van der Waals surface area contributed by atoms with Gasteiger partial charge in [0.05, 0.1) is 12.0 Å². The highest BCUT2D eigenvalue weighted by Gasteiger charge is 2.49. The van der Waals surface area contributed by atoms with Gasteiger partial charge in [0, 0.05) is 39.4 Å². The van der Waals surface area contributed by atoms with Gasteiger partial charge in [0.2, 0.25) is 5.91 Å². The summed E-state index contributed by atoms with van der Waals surface area (Å²) in [6.07, 6.45) is 5.11. The molecule has 1 amide bonds. The predicted molar refractivity (Wildman–Crippen MR) is 92.9 cm³/mol. The van der Waals surface area contributed by atoms with Crippen LogP contribution < -0.4 is 0 Å². The van der Waals surface area contributed by atoms with Crippen molar-refractivity contribution in [2.75, 3.05) is 32.8 Å². The molecule has 1 aromatic heterocycles. The van der Waals surface area contributed by atoms with Crippen LogP contribution in [0.1, 0.15) is 43.8 Å². The lowest BCUT2D eigenvalue weighted by molar-refractivity contribution is -0.150. The topological polar surface area (TPSA) is 63.5 Å². The number of ether oxygens (including phenoxy) is 1. The third-order valence-electron chi connectivity index (χ3n) is 6.38. The summed E-state index contributed by atoms with van der Waals surface area (Å²) in [5, 5.41) is 8.43. The third-order valence-corrected chi connectivity index (χ3v) is 6.38. The molecule has 1 atom stereocenters. The Hall–Kier alpha value is -1.47. The molecule has 3 aliphatic heterocycles. The molecular weight excluding hydrogens is 318 g/mol. The highest BCUT2D eigenvalue weighted by Crippen LogP contribution is 2.41. The zero-order valence-electron chi connectivity index (χ0n) is 15.4. The van der Waals surface area contributed by atoms with E-state index >= 15 is 0 Å². The fraction of sp³-hybridized carbons (Fsp3) is 0.833. The normalized spacial score (nSPS) is 29.0. The first-order chi connectivity index (χ1) is 12.1. The summed E-state index contributed by atoms with van der Waals surface area (Å²) in [7, 11) is 2.01. The van der Waals surface area contributed by atoms with Gasteiger partial charge in [-0.15, -0.1) is 10.2 Å². The number of piperidine rings is 1. The molecule has 0 radical (unpaired) electrons. The number of rotatable bonds is 3. The molecule has 3 aliphatic rings. The number of aryl methyl sites for hydroxylation is 1. The first-order valence-electron chi connectivity index (χ1n) is 9.55. The zero-order valence-corrected chi connectivity index (χ0v) is 15.4. The lowest BCUT2D eigenvalue weighted by Crippen LogP contribution is -2.54. The highest BCUT2D eigenvalue weighted by molar-refractivity contribution is 5.84. The Balaban J connectivity index is 1.44. The van der Waals surface area contributed by atoms with Gasteiger partial charge in [-0.1, -0.05) is 0 Å². The number of carbonyl (C=O) groups excluding carboxylic acids is 1. The van der Waals surface area contributed by atoms with Crippen LogP contribution in [0.5, 0.6) is 0 Å². The summed E-state index contributed by atoms with van der Waals surface area (Å²) in [6, 6.07) is 0.383. The van der Waals surface area contributed by atoms with Crippen molar-refractivity contribution in [2.24, 2.45) is 12.5 Å². The molecule has 3 saturated heterocycles. The van der Waals surface area contributed by atoms with Crippen molar-refractivity contribution in [2.45, 2.75) is 51.6 Å². The monoisotopic (exact) mass is 347 g/mol. The van der Waals surface area contributed by atoms with E-state index in [1.165, 1.54) is 0 Å². The summed E-state index contributed by atoms with van der Waals surface area (Å²) in [6.45, 7) is 7.09. The lowest BCUT2D eigenvalue weighted by Gasteiger charge is -2.44. The molecule has 1 unspecified atom stereocenters. The number of aromatic nitrogens is 3. The van der Waals surface area contributed by atoms with E-state index in [0.29, 0.717) is 11.9 Å². The van der Waals surface area contributed by atoms with E-state index in [1.807, 2.05) is 18.5 Å². The third kappa shape index (κ3) is 3.08. The molecule has 4 heterocycles. The second kappa shape index (κ2) is 6.68. The van der Waals surface area contributed by atoms with Crippen molar-refractivity contribution in [1.29, 1.82) is 0 Å². The van der Waals surface area contributed by atoms with Gasteiger partial charge in [-0.2, -0.15) is 0 Å². The van der Waals surface area contributed by atoms with E-state index in [0.717, 1.165) is 83.1 Å². The minimum absolute atomic E-state index is 0.176. The van der Waals surface area contributed by atoms with Crippen LogP contribution in [0.25, 0.3) is 0 Å². The molecular formula is C18H29N5O2. The Kier molecular flexibility index (Phi) is 4.54. The van der Waals surface area contributed by atoms with Crippen molar-refractivity contribution in [1.82, 2.24) is 24.6 Å². The minimum atomic E-state index is -0.176. The molecule has 4 rings (SSSR count). The van der Waals surface area contributed by atoms with Gasteiger partial charge in [-0.05, 0) is 45.6 Å². The van der Waals surface area contributed by atoms with Gasteiger partial charge in [0.15, 0.2) is 0 Å². The van der Waals surface area contributed by atoms with E-state index in [2.05, 4.69) is 20.0 Å². The molecule has 0 aliphatic carbocycles. The first kappa shape index (κ1) is 17.0. The maximum absolute atomic E-state index is 13.3. The number of hydrogen-bond acceptors (Lipinski definition) is 5. The number of nitrogens with zero attached hydrogens (tertiary/aromatic N) is 5. The predicted octanol–water partition coefficient (Wildman–Crippen LogP) is 1.12. The number of carbonyl (C=O) groups is 1. The Bertz CT molecular complexity index is 639. The van der Waals surface area contributed by atoms with Crippen LogP contribution >= 0.6 is 0 Å². The first-order valence-corrected chi connectivity index (χ1v) is 9.55. The highest BCUT2D eigenvalue weighted by atomic mass is 16.5. The molecule has 25 heavy (non-hydrogen) atoms. The van der Waals surface area contributed by atoms with Crippen LogP contribution in [0.4, 0.5) is 0 Å². The second-order valence-electron chi connectivity index (χ2n) is 7.91. The molecule has 0 bridgehead atoms. The van der Waals surface area contributed by atoms with Gasteiger partial charge in [0.1, 0.15) is 11.6 Å². The van der Waals surface area contributed by atoms with Crippen LogP contribution in [0, 0.1) is 12.3 Å². The Morgan fingerprint density at radius 2 is 2.00 bits per heavy atom. The fourth-order valence-corrected chi connectivity index (χ4v) is 4.71. The number of likely N-dealkylation sites (tertiary alicyclic amines) is 2. The Labute approximate surface area is 149 Å². The standard InChI is InChI=1S/C18H29N5O2/c1-14-19-20-16(21(14)2)12-22-9-7-18(13-22)6-3-8-23(17(18)24)15-4-10-25-11-5-15/h15H,3-13H2,1-2H3. The quantitative estimate of drug-likeness (QED) is 0.820. The van der Waals surface area contributed by atoms with E-state index < -0.39 is 0 Å². The minimum Gasteiger partial charge on any atom is -0.381 e. The van der Waals surface area contributed by atoms with Gasteiger partial charge in [-0.25, -0.2) is 0 Å². The van der Waals surface area contributed by atoms with Gasteiger partial charge in [0.25, 0.3) is 0 Å². The molecule has 0 saturated carbocycles. The van der Waals surface area contributed by atoms with Crippen LogP contribution in [0.3, 0.4) is 0 Å².